The number of hydrogen-bond donors (Lipinski definition) is 0. The Balaban J connectivity index is 1.77. The molecule has 2 aliphatic rings. The number of esters is 1. The molecule has 2 fully saturated rings. The second-order valence-corrected chi connectivity index (χ2v) is 4.68. The van der Waals surface area contributed by atoms with E-state index in [0.717, 1.165) is 31.8 Å². The second kappa shape index (κ2) is 4.97. The molecular formula is C12H21NO2. The van der Waals surface area contributed by atoms with Crippen LogP contribution in [0.2, 0.25) is 0 Å². The zero-order valence-corrected chi connectivity index (χ0v) is 9.58. The number of hydrogen-bond acceptors (Lipinski definition) is 3. The molecule has 1 aliphatic heterocycles. The highest BCUT2D eigenvalue weighted by atomic mass is 16.5. The summed E-state index contributed by atoms with van der Waals surface area (Å²) < 4.78 is 5.10. The molecule has 0 amide bonds. The van der Waals surface area contributed by atoms with Crippen LogP contribution < -0.4 is 0 Å². The second-order valence-electron chi connectivity index (χ2n) is 4.68. The lowest BCUT2D eigenvalue weighted by molar-refractivity contribution is -0.148. The third-order valence-electron chi connectivity index (χ3n) is 3.44. The predicted octanol–water partition coefficient (Wildman–Crippen LogP) is 1.81. The van der Waals surface area contributed by atoms with Gasteiger partial charge in [0.15, 0.2) is 0 Å². The molecular weight excluding hydrogens is 190 g/mol. The summed E-state index contributed by atoms with van der Waals surface area (Å²) >= 11 is 0. The summed E-state index contributed by atoms with van der Waals surface area (Å²) in [6, 6.07) is 0.0590. The lowest BCUT2D eigenvalue weighted by atomic mass is 10.2. The normalized spacial score (nSPS) is 26.9. The van der Waals surface area contributed by atoms with Gasteiger partial charge < -0.3 is 4.74 Å². The summed E-state index contributed by atoms with van der Waals surface area (Å²) in [6.45, 7) is 4.55. The zero-order chi connectivity index (χ0) is 10.7. The van der Waals surface area contributed by atoms with Gasteiger partial charge in [-0.25, -0.2) is 0 Å². The Morgan fingerprint density at radius 3 is 2.87 bits per heavy atom. The molecule has 15 heavy (non-hydrogen) atoms. The number of ether oxygens (including phenoxy) is 1. The van der Waals surface area contributed by atoms with Crippen molar-refractivity contribution in [3.63, 3.8) is 0 Å². The van der Waals surface area contributed by atoms with Gasteiger partial charge in [0, 0.05) is 0 Å². The van der Waals surface area contributed by atoms with Gasteiger partial charge in [-0.15, -0.1) is 0 Å². The van der Waals surface area contributed by atoms with Crippen molar-refractivity contribution in [2.24, 2.45) is 5.92 Å². The first kappa shape index (κ1) is 10.9. The number of carbonyl (C=O) groups excluding carboxylic acids is 1. The Hall–Kier alpha value is -0.570. The van der Waals surface area contributed by atoms with Gasteiger partial charge in [-0.3, -0.25) is 9.69 Å². The van der Waals surface area contributed by atoms with Crippen LogP contribution >= 0.6 is 0 Å². The average Bonchev–Trinajstić information content (AvgIpc) is 2.93. The maximum Gasteiger partial charge on any atom is 0.323 e. The molecule has 1 aliphatic carbocycles. The minimum Gasteiger partial charge on any atom is -0.465 e. The quantitative estimate of drug-likeness (QED) is 0.650. The third kappa shape index (κ3) is 2.94. The standard InChI is InChI=1S/C12H21NO2/c1-2-15-12(14)11-4-3-8-13(11)9-7-10-5-6-10/h10-11H,2-9H2,1H3. The Kier molecular flexibility index (Phi) is 3.62. The van der Waals surface area contributed by atoms with E-state index >= 15 is 0 Å². The first-order chi connectivity index (χ1) is 7.31. The molecule has 86 valence electrons. The minimum absolute atomic E-state index is 0.00852. The highest BCUT2D eigenvalue weighted by Gasteiger charge is 2.32. The van der Waals surface area contributed by atoms with Gasteiger partial charge in [-0.2, -0.15) is 0 Å². The van der Waals surface area contributed by atoms with Crippen molar-refractivity contribution >= 4 is 5.97 Å². The van der Waals surface area contributed by atoms with Crippen LogP contribution in [0.3, 0.4) is 0 Å². The molecule has 3 nitrogen and oxygen atoms in total. The van der Waals surface area contributed by atoms with Gasteiger partial charge in [0.1, 0.15) is 6.04 Å². The van der Waals surface area contributed by atoms with Crippen LogP contribution in [0.1, 0.15) is 39.0 Å². The Labute approximate surface area is 91.8 Å². The summed E-state index contributed by atoms with van der Waals surface area (Å²) in [7, 11) is 0. The van der Waals surface area contributed by atoms with E-state index in [4.69, 9.17) is 4.74 Å². The van der Waals surface area contributed by atoms with E-state index in [1.54, 1.807) is 0 Å². The van der Waals surface area contributed by atoms with E-state index in [-0.39, 0.29) is 12.0 Å². The highest BCUT2D eigenvalue weighted by molar-refractivity contribution is 5.76. The minimum atomic E-state index is -0.00852. The first-order valence-electron chi connectivity index (χ1n) is 6.22. The van der Waals surface area contributed by atoms with E-state index in [1.165, 1.54) is 19.3 Å². The van der Waals surface area contributed by atoms with Crippen molar-refractivity contribution in [2.75, 3.05) is 19.7 Å². The Morgan fingerprint density at radius 2 is 2.20 bits per heavy atom. The molecule has 2 rings (SSSR count). The smallest absolute Gasteiger partial charge is 0.323 e. The van der Waals surface area contributed by atoms with Crippen LogP contribution in [0.25, 0.3) is 0 Å². The molecule has 1 saturated heterocycles. The molecule has 0 bridgehead atoms. The van der Waals surface area contributed by atoms with Crippen LogP contribution in [0, 0.1) is 5.92 Å². The summed E-state index contributed by atoms with van der Waals surface area (Å²) in [5.74, 6) is 0.944. The molecule has 0 N–H and O–H groups in total. The topological polar surface area (TPSA) is 29.5 Å². The summed E-state index contributed by atoms with van der Waals surface area (Å²) in [4.78, 5) is 14.0. The van der Waals surface area contributed by atoms with Crippen LogP contribution in [0.5, 0.6) is 0 Å². The maximum absolute atomic E-state index is 11.7. The lowest BCUT2D eigenvalue weighted by Crippen LogP contribution is -2.38. The highest BCUT2D eigenvalue weighted by Crippen LogP contribution is 2.33. The number of likely N-dealkylation sites (tertiary alicyclic amines) is 1. The van der Waals surface area contributed by atoms with E-state index in [0.29, 0.717) is 6.61 Å². The molecule has 3 heteroatoms. The van der Waals surface area contributed by atoms with Crippen molar-refractivity contribution in [1.82, 2.24) is 4.90 Å². The number of nitrogens with zero attached hydrogens (tertiary/aromatic N) is 1. The molecule has 1 atom stereocenters. The maximum atomic E-state index is 11.7. The monoisotopic (exact) mass is 211 g/mol. The zero-order valence-electron chi connectivity index (χ0n) is 9.58. The molecule has 1 heterocycles. The first-order valence-corrected chi connectivity index (χ1v) is 6.22. The van der Waals surface area contributed by atoms with E-state index < -0.39 is 0 Å². The fraction of sp³-hybridized carbons (Fsp3) is 0.917. The van der Waals surface area contributed by atoms with Crippen molar-refractivity contribution in [3.05, 3.63) is 0 Å². The van der Waals surface area contributed by atoms with Crippen LogP contribution in [0.15, 0.2) is 0 Å². The molecule has 1 unspecified atom stereocenters. The molecule has 0 radical (unpaired) electrons. The van der Waals surface area contributed by atoms with Gasteiger partial charge in [0.05, 0.1) is 6.61 Å². The molecule has 1 saturated carbocycles. The van der Waals surface area contributed by atoms with Crippen molar-refractivity contribution in [1.29, 1.82) is 0 Å². The average molecular weight is 211 g/mol. The Bertz CT molecular complexity index is 226. The summed E-state index contributed by atoms with van der Waals surface area (Å²) in [6.07, 6.45) is 6.21. The predicted molar refractivity (Wildman–Crippen MR) is 58.6 cm³/mol. The van der Waals surface area contributed by atoms with Crippen LogP contribution in [-0.4, -0.2) is 36.6 Å². The van der Waals surface area contributed by atoms with Gasteiger partial charge in [0.25, 0.3) is 0 Å². The number of rotatable bonds is 5. The summed E-state index contributed by atoms with van der Waals surface area (Å²) in [5.41, 5.74) is 0. The molecule has 0 aromatic heterocycles. The lowest BCUT2D eigenvalue weighted by Gasteiger charge is -2.22. The van der Waals surface area contributed by atoms with Crippen molar-refractivity contribution in [3.8, 4) is 0 Å². The van der Waals surface area contributed by atoms with Crippen LogP contribution in [0.4, 0.5) is 0 Å². The third-order valence-corrected chi connectivity index (χ3v) is 3.44. The van der Waals surface area contributed by atoms with E-state index in [1.807, 2.05) is 6.92 Å². The van der Waals surface area contributed by atoms with Crippen molar-refractivity contribution in [2.45, 2.75) is 45.1 Å². The van der Waals surface area contributed by atoms with Gasteiger partial charge in [-0.05, 0) is 45.2 Å². The van der Waals surface area contributed by atoms with Crippen molar-refractivity contribution < 1.29 is 9.53 Å². The van der Waals surface area contributed by atoms with Crippen LogP contribution in [-0.2, 0) is 9.53 Å². The van der Waals surface area contributed by atoms with E-state index in [9.17, 15) is 4.79 Å². The van der Waals surface area contributed by atoms with Gasteiger partial charge in [0.2, 0.25) is 0 Å². The SMILES string of the molecule is CCOC(=O)C1CCCN1CCC1CC1. The summed E-state index contributed by atoms with van der Waals surface area (Å²) in [5, 5.41) is 0. The number of carbonyl (C=O) groups is 1. The van der Waals surface area contributed by atoms with Gasteiger partial charge in [-0.1, -0.05) is 12.8 Å². The van der Waals surface area contributed by atoms with Gasteiger partial charge >= 0.3 is 5.97 Å². The fourth-order valence-corrected chi connectivity index (χ4v) is 2.35. The Morgan fingerprint density at radius 1 is 1.40 bits per heavy atom. The largest absolute Gasteiger partial charge is 0.465 e. The molecule has 0 aromatic rings. The van der Waals surface area contributed by atoms with E-state index in [2.05, 4.69) is 4.90 Å². The molecule has 0 spiro atoms. The fourth-order valence-electron chi connectivity index (χ4n) is 2.35. The molecule has 0 aromatic carbocycles.